The van der Waals surface area contributed by atoms with Crippen molar-refractivity contribution < 1.29 is 4.74 Å². The summed E-state index contributed by atoms with van der Waals surface area (Å²) in [4.78, 5) is 0. The fourth-order valence-corrected chi connectivity index (χ4v) is 3.27. The van der Waals surface area contributed by atoms with Crippen molar-refractivity contribution in [3.8, 4) is 5.75 Å². The van der Waals surface area contributed by atoms with E-state index in [1.54, 1.807) is 7.11 Å². The molecule has 15 heavy (non-hydrogen) atoms. The van der Waals surface area contributed by atoms with Crippen molar-refractivity contribution in [2.45, 2.75) is 12.5 Å². The van der Waals surface area contributed by atoms with E-state index >= 15 is 0 Å². The summed E-state index contributed by atoms with van der Waals surface area (Å²) in [6.07, 6.45) is 1.24. The molecule has 1 aliphatic heterocycles. The zero-order valence-electron chi connectivity index (χ0n) is 8.98. The maximum Gasteiger partial charge on any atom is 0.119 e. The van der Waals surface area contributed by atoms with Crippen LogP contribution in [0.15, 0.2) is 24.3 Å². The molecule has 2 rings (SSSR count). The molecule has 0 spiro atoms. The monoisotopic (exact) mass is 223 g/mol. The highest BCUT2D eigenvalue weighted by Gasteiger charge is 2.23. The van der Waals surface area contributed by atoms with E-state index in [-0.39, 0.29) is 6.04 Å². The van der Waals surface area contributed by atoms with E-state index in [0.717, 1.165) is 5.75 Å². The SMILES string of the molecule is COc1cccc(C(N)C2CCSC2)c1. The quantitative estimate of drug-likeness (QED) is 0.855. The minimum Gasteiger partial charge on any atom is -0.497 e. The molecule has 1 aromatic rings. The topological polar surface area (TPSA) is 35.2 Å². The summed E-state index contributed by atoms with van der Waals surface area (Å²) in [5.74, 6) is 3.97. The first-order valence-electron chi connectivity index (χ1n) is 5.28. The molecule has 2 nitrogen and oxygen atoms in total. The largest absolute Gasteiger partial charge is 0.497 e. The third kappa shape index (κ3) is 2.47. The Morgan fingerprint density at radius 3 is 3.07 bits per heavy atom. The third-order valence-corrected chi connectivity index (χ3v) is 4.14. The summed E-state index contributed by atoms with van der Waals surface area (Å²) in [5, 5.41) is 0. The van der Waals surface area contributed by atoms with Gasteiger partial charge in [-0.15, -0.1) is 0 Å². The summed E-state index contributed by atoms with van der Waals surface area (Å²) >= 11 is 2.00. The van der Waals surface area contributed by atoms with Gasteiger partial charge in [-0.3, -0.25) is 0 Å². The highest BCUT2D eigenvalue weighted by Crippen LogP contribution is 2.33. The van der Waals surface area contributed by atoms with Gasteiger partial charge >= 0.3 is 0 Å². The standard InChI is InChI=1S/C12H17NOS/c1-14-11-4-2-3-9(7-11)12(13)10-5-6-15-8-10/h2-4,7,10,12H,5-6,8,13H2,1H3. The summed E-state index contributed by atoms with van der Waals surface area (Å²) < 4.78 is 5.21. The second-order valence-electron chi connectivity index (χ2n) is 3.93. The van der Waals surface area contributed by atoms with Gasteiger partial charge in [0.05, 0.1) is 7.11 Å². The molecule has 3 heteroatoms. The molecule has 1 aliphatic rings. The Kier molecular flexibility index (Phi) is 3.54. The van der Waals surface area contributed by atoms with Crippen LogP contribution in [0.25, 0.3) is 0 Å². The Balaban J connectivity index is 2.13. The lowest BCUT2D eigenvalue weighted by molar-refractivity contribution is 0.411. The highest BCUT2D eigenvalue weighted by molar-refractivity contribution is 7.99. The van der Waals surface area contributed by atoms with E-state index in [1.165, 1.54) is 23.5 Å². The van der Waals surface area contributed by atoms with Crippen molar-refractivity contribution in [2.24, 2.45) is 11.7 Å². The van der Waals surface area contributed by atoms with E-state index < -0.39 is 0 Å². The van der Waals surface area contributed by atoms with Crippen LogP contribution in [0, 0.1) is 5.92 Å². The second kappa shape index (κ2) is 4.90. The predicted octanol–water partition coefficient (Wildman–Crippen LogP) is 2.45. The van der Waals surface area contributed by atoms with E-state index in [1.807, 2.05) is 30.0 Å². The van der Waals surface area contributed by atoms with Crippen LogP contribution in [0.2, 0.25) is 0 Å². The zero-order chi connectivity index (χ0) is 10.7. The maximum absolute atomic E-state index is 6.25. The molecule has 82 valence electrons. The van der Waals surface area contributed by atoms with E-state index in [4.69, 9.17) is 10.5 Å². The molecule has 2 N–H and O–H groups in total. The minimum absolute atomic E-state index is 0.162. The third-order valence-electron chi connectivity index (χ3n) is 2.95. The van der Waals surface area contributed by atoms with Crippen LogP contribution in [0.5, 0.6) is 5.75 Å². The molecule has 2 unspecified atom stereocenters. The Hall–Kier alpha value is -0.670. The molecule has 0 bridgehead atoms. The number of thioether (sulfide) groups is 1. The van der Waals surface area contributed by atoms with E-state index in [9.17, 15) is 0 Å². The summed E-state index contributed by atoms with van der Waals surface area (Å²) in [7, 11) is 1.69. The molecule has 1 aromatic carbocycles. The van der Waals surface area contributed by atoms with Gasteiger partial charge in [-0.1, -0.05) is 12.1 Å². The predicted molar refractivity (Wildman–Crippen MR) is 65.4 cm³/mol. The van der Waals surface area contributed by atoms with Crippen molar-refractivity contribution in [1.82, 2.24) is 0 Å². The molecule has 0 radical (unpaired) electrons. The fraction of sp³-hybridized carbons (Fsp3) is 0.500. The van der Waals surface area contributed by atoms with Crippen LogP contribution in [0.1, 0.15) is 18.0 Å². The molecule has 0 aromatic heterocycles. The van der Waals surface area contributed by atoms with Crippen LogP contribution in [0.3, 0.4) is 0 Å². The average molecular weight is 223 g/mol. The molecule has 0 aliphatic carbocycles. The smallest absolute Gasteiger partial charge is 0.119 e. The second-order valence-corrected chi connectivity index (χ2v) is 5.08. The van der Waals surface area contributed by atoms with Gasteiger partial charge in [-0.2, -0.15) is 11.8 Å². The van der Waals surface area contributed by atoms with Gasteiger partial charge in [0.2, 0.25) is 0 Å². The maximum atomic E-state index is 6.25. The van der Waals surface area contributed by atoms with Gasteiger partial charge in [-0.25, -0.2) is 0 Å². The van der Waals surface area contributed by atoms with Crippen LogP contribution in [-0.4, -0.2) is 18.6 Å². The van der Waals surface area contributed by atoms with Crippen molar-refractivity contribution in [3.63, 3.8) is 0 Å². The van der Waals surface area contributed by atoms with Gasteiger partial charge in [0.25, 0.3) is 0 Å². The number of hydrogen-bond acceptors (Lipinski definition) is 3. The molecule has 1 fully saturated rings. The highest BCUT2D eigenvalue weighted by atomic mass is 32.2. The number of benzene rings is 1. The summed E-state index contributed by atoms with van der Waals surface area (Å²) in [5.41, 5.74) is 7.45. The van der Waals surface area contributed by atoms with E-state index in [0.29, 0.717) is 5.92 Å². The van der Waals surface area contributed by atoms with Crippen LogP contribution in [0.4, 0.5) is 0 Å². The molecule has 1 saturated heterocycles. The van der Waals surface area contributed by atoms with Crippen LogP contribution in [-0.2, 0) is 0 Å². The number of rotatable bonds is 3. The summed E-state index contributed by atoms with van der Waals surface area (Å²) in [6, 6.07) is 8.27. The number of ether oxygens (including phenoxy) is 1. The molecular weight excluding hydrogens is 206 g/mol. The van der Waals surface area contributed by atoms with Gasteiger partial charge in [0.15, 0.2) is 0 Å². The van der Waals surface area contributed by atoms with Crippen LogP contribution >= 0.6 is 11.8 Å². The Morgan fingerprint density at radius 2 is 2.40 bits per heavy atom. The number of methoxy groups -OCH3 is 1. The first-order valence-corrected chi connectivity index (χ1v) is 6.44. The summed E-state index contributed by atoms with van der Waals surface area (Å²) in [6.45, 7) is 0. The first kappa shape index (κ1) is 10.8. The molecule has 1 heterocycles. The van der Waals surface area contributed by atoms with Gasteiger partial charge < -0.3 is 10.5 Å². The van der Waals surface area contributed by atoms with Gasteiger partial charge in [0.1, 0.15) is 5.75 Å². The first-order chi connectivity index (χ1) is 7.31. The normalized spacial score (nSPS) is 22.7. The Labute approximate surface area is 95.2 Å². The van der Waals surface area contributed by atoms with Crippen molar-refractivity contribution in [2.75, 3.05) is 18.6 Å². The van der Waals surface area contributed by atoms with Crippen molar-refractivity contribution in [1.29, 1.82) is 0 Å². The molecule has 2 atom stereocenters. The lowest BCUT2D eigenvalue weighted by Gasteiger charge is -2.19. The van der Waals surface area contributed by atoms with Crippen LogP contribution < -0.4 is 10.5 Å². The molecular formula is C12H17NOS. The van der Waals surface area contributed by atoms with Gasteiger partial charge in [0, 0.05) is 6.04 Å². The van der Waals surface area contributed by atoms with E-state index in [2.05, 4.69) is 6.07 Å². The zero-order valence-corrected chi connectivity index (χ0v) is 9.80. The lowest BCUT2D eigenvalue weighted by Crippen LogP contribution is -2.21. The minimum atomic E-state index is 0.162. The Morgan fingerprint density at radius 1 is 1.53 bits per heavy atom. The fourth-order valence-electron chi connectivity index (χ4n) is 1.96. The average Bonchev–Trinajstić information content (AvgIpc) is 2.81. The number of hydrogen-bond donors (Lipinski definition) is 1. The molecule has 0 amide bonds. The van der Waals surface area contributed by atoms with Crippen molar-refractivity contribution >= 4 is 11.8 Å². The lowest BCUT2D eigenvalue weighted by atomic mass is 9.93. The molecule has 0 saturated carbocycles. The van der Waals surface area contributed by atoms with Gasteiger partial charge in [-0.05, 0) is 41.5 Å². The number of nitrogens with two attached hydrogens (primary N) is 1. The Bertz CT molecular complexity index is 323. The van der Waals surface area contributed by atoms with Crippen molar-refractivity contribution in [3.05, 3.63) is 29.8 Å².